The predicted octanol–water partition coefficient (Wildman–Crippen LogP) is 4.95. The van der Waals surface area contributed by atoms with E-state index in [1.807, 2.05) is 0 Å². The zero-order chi connectivity index (χ0) is 13.6. The van der Waals surface area contributed by atoms with E-state index in [0.29, 0.717) is 5.41 Å². The van der Waals surface area contributed by atoms with Crippen molar-refractivity contribution >= 4 is 15.9 Å². The van der Waals surface area contributed by atoms with Crippen molar-refractivity contribution in [1.29, 1.82) is 0 Å². The van der Waals surface area contributed by atoms with Crippen LogP contribution in [0.2, 0.25) is 0 Å². The van der Waals surface area contributed by atoms with Crippen molar-refractivity contribution in [2.75, 3.05) is 25.0 Å². The summed E-state index contributed by atoms with van der Waals surface area (Å²) >= 11 is 3.71. The maximum absolute atomic E-state index is 3.71. The van der Waals surface area contributed by atoms with Crippen LogP contribution >= 0.6 is 15.9 Å². The van der Waals surface area contributed by atoms with Gasteiger partial charge in [0.25, 0.3) is 0 Å². The highest BCUT2D eigenvalue weighted by molar-refractivity contribution is 9.09. The average molecular weight is 318 g/mol. The van der Waals surface area contributed by atoms with Crippen molar-refractivity contribution in [3.8, 4) is 0 Å². The maximum Gasteiger partial charge on any atom is 0.00768 e. The lowest BCUT2D eigenvalue weighted by molar-refractivity contribution is 0.167. The molecule has 1 nitrogen and oxygen atoms in total. The number of alkyl halides is 1. The molecule has 0 aliphatic carbocycles. The minimum Gasteiger partial charge on any atom is -0.303 e. The van der Waals surface area contributed by atoms with Crippen LogP contribution in [0.1, 0.15) is 59.8 Å². The van der Waals surface area contributed by atoms with E-state index in [1.54, 1.807) is 0 Å². The normalized spacial score (nSPS) is 24.8. The van der Waals surface area contributed by atoms with Crippen molar-refractivity contribution in [2.45, 2.75) is 59.8 Å². The third kappa shape index (κ3) is 5.61. The molecular formula is C16H32BrN. The van der Waals surface area contributed by atoms with Crippen LogP contribution in [-0.4, -0.2) is 29.9 Å². The molecule has 0 aromatic heterocycles. The molecule has 2 atom stereocenters. The van der Waals surface area contributed by atoms with E-state index in [1.165, 1.54) is 51.7 Å². The fourth-order valence-electron chi connectivity index (χ4n) is 2.97. The Morgan fingerprint density at radius 1 is 1.22 bits per heavy atom. The van der Waals surface area contributed by atoms with Gasteiger partial charge in [-0.1, -0.05) is 56.5 Å². The molecule has 1 saturated heterocycles. The quantitative estimate of drug-likeness (QED) is 0.649. The molecule has 18 heavy (non-hydrogen) atoms. The van der Waals surface area contributed by atoms with Gasteiger partial charge in [-0.05, 0) is 49.6 Å². The van der Waals surface area contributed by atoms with Crippen molar-refractivity contribution in [3.63, 3.8) is 0 Å². The molecule has 2 heteroatoms. The Morgan fingerprint density at radius 2 is 1.94 bits per heavy atom. The van der Waals surface area contributed by atoms with E-state index < -0.39 is 0 Å². The van der Waals surface area contributed by atoms with Crippen molar-refractivity contribution in [2.24, 2.45) is 17.3 Å². The van der Waals surface area contributed by atoms with Crippen molar-refractivity contribution < 1.29 is 0 Å². The first-order valence-corrected chi connectivity index (χ1v) is 8.87. The monoisotopic (exact) mass is 317 g/mol. The van der Waals surface area contributed by atoms with E-state index in [9.17, 15) is 0 Å². The van der Waals surface area contributed by atoms with Crippen molar-refractivity contribution in [3.05, 3.63) is 0 Å². The summed E-state index contributed by atoms with van der Waals surface area (Å²) in [7, 11) is 0. The molecule has 1 rings (SSSR count). The van der Waals surface area contributed by atoms with E-state index in [2.05, 4.69) is 48.5 Å². The van der Waals surface area contributed by atoms with Gasteiger partial charge in [-0.2, -0.15) is 0 Å². The minimum atomic E-state index is 0.415. The number of halogens is 1. The highest BCUT2D eigenvalue weighted by Crippen LogP contribution is 2.30. The van der Waals surface area contributed by atoms with Crippen LogP contribution in [0.15, 0.2) is 0 Å². The van der Waals surface area contributed by atoms with Crippen LogP contribution in [0.3, 0.4) is 0 Å². The molecule has 0 spiro atoms. The third-order valence-electron chi connectivity index (χ3n) is 4.53. The fraction of sp³-hybridized carbons (Fsp3) is 1.00. The first kappa shape index (κ1) is 16.5. The second-order valence-corrected chi connectivity index (χ2v) is 7.75. The predicted molar refractivity (Wildman–Crippen MR) is 85.4 cm³/mol. The molecule has 1 fully saturated rings. The van der Waals surface area contributed by atoms with Crippen LogP contribution in [0.25, 0.3) is 0 Å². The van der Waals surface area contributed by atoms with Crippen LogP contribution < -0.4 is 0 Å². The molecule has 108 valence electrons. The van der Waals surface area contributed by atoms with Gasteiger partial charge in [0.1, 0.15) is 0 Å². The lowest BCUT2D eigenvalue weighted by Gasteiger charge is -2.34. The fourth-order valence-corrected chi connectivity index (χ4v) is 4.15. The Labute approximate surface area is 123 Å². The summed E-state index contributed by atoms with van der Waals surface area (Å²) < 4.78 is 0. The Morgan fingerprint density at radius 3 is 2.50 bits per heavy atom. The van der Waals surface area contributed by atoms with E-state index in [4.69, 9.17) is 0 Å². The van der Waals surface area contributed by atoms with Gasteiger partial charge in [0.2, 0.25) is 0 Å². The summed E-state index contributed by atoms with van der Waals surface area (Å²) in [6, 6.07) is 0. The number of likely N-dealkylation sites (tertiary alicyclic amines) is 1. The van der Waals surface area contributed by atoms with Crippen LogP contribution in [0.5, 0.6) is 0 Å². The summed E-state index contributed by atoms with van der Waals surface area (Å²) in [5.74, 6) is 1.76. The zero-order valence-electron chi connectivity index (χ0n) is 12.8. The number of hydrogen-bond acceptors (Lipinski definition) is 1. The Hall–Kier alpha value is 0.440. The zero-order valence-corrected chi connectivity index (χ0v) is 14.4. The topological polar surface area (TPSA) is 3.24 Å². The van der Waals surface area contributed by atoms with Gasteiger partial charge < -0.3 is 4.90 Å². The van der Waals surface area contributed by atoms with Gasteiger partial charge in [-0.3, -0.25) is 0 Å². The van der Waals surface area contributed by atoms with Gasteiger partial charge in [-0.25, -0.2) is 0 Å². The smallest absolute Gasteiger partial charge is 0.00768 e. The summed E-state index contributed by atoms with van der Waals surface area (Å²) in [6.45, 7) is 13.4. The highest BCUT2D eigenvalue weighted by atomic mass is 79.9. The standard InChI is InChI=1S/C16H32BrN/c1-5-7-14-8-6-10-18(11-9-14)13-15(12-17)16(2,3)4/h14-15H,5-13H2,1-4H3. The first-order valence-electron chi connectivity index (χ1n) is 7.75. The number of rotatable bonds is 5. The van der Waals surface area contributed by atoms with Crippen LogP contribution in [0, 0.1) is 17.3 Å². The molecule has 2 unspecified atom stereocenters. The molecule has 0 saturated carbocycles. The largest absolute Gasteiger partial charge is 0.303 e. The molecular weight excluding hydrogens is 286 g/mol. The van der Waals surface area contributed by atoms with Crippen LogP contribution in [-0.2, 0) is 0 Å². The van der Waals surface area contributed by atoms with Crippen LogP contribution in [0.4, 0.5) is 0 Å². The number of hydrogen-bond donors (Lipinski definition) is 0. The van der Waals surface area contributed by atoms with Crippen molar-refractivity contribution in [1.82, 2.24) is 4.90 Å². The lowest BCUT2D eigenvalue weighted by atomic mass is 9.81. The first-order chi connectivity index (χ1) is 8.47. The maximum atomic E-state index is 3.71. The Balaban J connectivity index is 2.43. The van der Waals surface area contributed by atoms with E-state index in [0.717, 1.165) is 17.2 Å². The molecule has 1 heterocycles. The number of nitrogens with zero attached hydrogens (tertiary/aromatic N) is 1. The second-order valence-electron chi connectivity index (χ2n) is 7.10. The molecule has 0 aromatic carbocycles. The Kier molecular flexibility index (Phi) is 7.23. The molecule has 0 aromatic rings. The molecule has 0 radical (unpaired) electrons. The highest BCUT2D eigenvalue weighted by Gasteiger charge is 2.26. The molecule has 0 N–H and O–H groups in total. The Bertz CT molecular complexity index is 222. The molecule has 0 amide bonds. The molecule has 0 bridgehead atoms. The average Bonchev–Trinajstić information content (AvgIpc) is 2.50. The van der Waals surface area contributed by atoms with Gasteiger partial charge in [0.15, 0.2) is 0 Å². The van der Waals surface area contributed by atoms with E-state index in [-0.39, 0.29) is 0 Å². The minimum absolute atomic E-state index is 0.415. The summed E-state index contributed by atoms with van der Waals surface area (Å²) in [5, 5.41) is 1.13. The SMILES string of the molecule is CCCC1CCCN(CC(CBr)C(C)(C)C)CC1. The van der Waals surface area contributed by atoms with E-state index >= 15 is 0 Å². The second kappa shape index (κ2) is 7.89. The summed E-state index contributed by atoms with van der Waals surface area (Å²) in [4.78, 5) is 2.72. The van der Waals surface area contributed by atoms with Gasteiger partial charge in [0.05, 0.1) is 0 Å². The van der Waals surface area contributed by atoms with Gasteiger partial charge in [0, 0.05) is 11.9 Å². The molecule has 1 aliphatic rings. The molecule has 1 aliphatic heterocycles. The van der Waals surface area contributed by atoms with Gasteiger partial charge in [-0.15, -0.1) is 0 Å². The third-order valence-corrected chi connectivity index (χ3v) is 5.31. The van der Waals surface area contributed by atoms with Gasteiger partial charge >= 0.3 is 0 Å². The summed E-state index contributed by atoms with van der Waals surface area (Å²) in [6.07, 6.45) is 7.08. The summed E-state index contributed by atoms with van der Waals surface area (Å²) in [5.41, 5.74) is 0.415. The lowest BCUT2D eigenvalue weighted by Crippen LogP contribution is -2.37.